The number of carbonyl (C=O) groups is 2. The molecule has 2 amide bonds. The number of pyridine rings is 2. The third-order valence-electron chi connectivity index (χ3n) is 3.91. The first-order chi connectivity index (χ1) is 15.1. The van der Waals surface area contributed by atoms with Crippen LogP contribution in [0.5, 0.6) is 0 Å². The Kier molecular flexibility index (Phi) is 7.54. The van der Waals surface area contributed by atoms with E-state index in [4.69, 9.17) is 0 Å². The zero-order valence-corrected chi connectivity index (χ0v) is 16.4. The van der Waals surface area contributed by atoms with E-state index in [1.54, 1.807) is 48.7 Å². The number of anilines is 2. The predicted molar refractivity (Wildman–Crippen MR) is 117 cm³/mol. The molecule has 2 aromatic carbocycles. The Balaban J connectivity index is 0.000000176. The molecule has 154 valence electrons. The van der Waals surface area contributed by atoms with Crippen molar-refractivity contribution in [2.45, 2.75) is 0 Å². The van der Waals surface area contributed by atoms with Crippen molar-refractivity contribution in [3.8, 4) is 0 Å². The summed E-state index contributed by atoms with van der Waals surface area (Å²) < 4.78 is 12.9. The Bertz CT molecular complexity index is 1120. The van der Waals surface area contributed by atoms with E-state index in [9.17, 15) is 14.0 Å². The number of nitrogens with zero attached hydrogens (tertiary/aromatic N) is 2. The maximum atomic E-state index is 12.9. The molecular weight excluding hydrogens is 395 g/mol. The molecule has 4 aromatic rings. The lowest BCUT2D eigenvalue weighted by atomic mass is 10.3. The largest absolute Gasteiger partial charge is 0.321 e. The second-order valence-electron chi connectivity index (χ2n) is 6.21. The average molecular weight is 414 g/mol. The lowest BCUT2D eigenvalue weighted by Gasteiger charge is -2.03. The number of hydrogen-bond donors (Lipinski definition) is 2. The zero-order chi connectivity index (χ0) is 21.9. The Morgan fingerprint density at radius 2 is 1.13 bits per heavy atom. The van der Waals surface area contributed by atoms with E-state index in [0.29, 0.717) is 17.1 Å². The van der Waals surface area contributed by atoms with Gasteiger partial charge < -0.3 is 10.6 Å². The molecule has 4 rings (SSSR count). The highest BCUT2D eigenvalue weighted by atomic mass is 19.1. The number of nitrogens with one attached hydrogen (secondary N) is 2. The standard InChI is InChI=1S/C12H9FN2O.C12H10N2O/c13-9-4-3-5-10(8-9)15-12(16)11-6-1-2-7-14-11;15-12(11-8-4-5-9-13-11)14-10-6-2-1-3-7-10/h1-8H,(H,15,16);1-9H,(H,14,15). The molecule has 0 aliphatic rings. The van der Waals surface area contributed by atoms with Crippen LogP contribution >= 0.6 is 0 Å². The first kappa shape index (κ1) is 21.3. The molecule has 0 atom stereocenters. The van der Waals surface area contributed by atoms with Gasteiger partial charge in [0.1, 0.15) is 17.2 Å². The van der Waals surface area contributed by atoms with E-state index < -0.39 is 0 Å². The Labute approximate surface area is 178 Å². The molecule has 2 N–H and O–H groups in total. The first-order valence-electron chi connectivity index (χ1n) is 9.37. The summed E-state index contributed by atoms with van der Waals surface area (Å²) in [5.74, 6) is -0.938. The third-order valence-corrected chi connectivity index (χ3v) is 3.91. The van der Waals surface area contributed by atoms with Crippen molar-refractivity contribution in [2.75, 3.05) is 10.6 Å². The lowest BCUT2D eigenvalue weighted by molar-refractivity contribution is 0.101. The number of halogens is 1. The average Bonchev–Trinajstić information content (AvgIpc) is 2.81. The number of para-hydroxylation sites is 1. The van der Waals surface area contributed by atoms with Crippen molar-refractivity contribution in [1.29, 1.82) is 0 Å². The molecule has 0 saturated heterocycles. The summed E-state index contributed by atoms with van der Waals surface area (Å²) in [6.45, 7) is 0. The number of aromatic nitrogens is 2. The topological polar surface area (TPSA) is 84.0 Å². The molecule has 0 aliphatic heterocycles. The van der Waals surface area contributed by atoms with Gasteiger partial charge in [-0.2, -0.15) is 0 Å². The smallest absolute Gasteiger partial charge is 0.274 e. The van der Waals surface area contributed by atoms with Crippen LogP contribution in [0.1, 0.15) is 21.0 Å². The van der Waals surface area contributed by atoms with Crippen molar-refractivity contribution >= 4 is 23.2 Å². The molecular formula is C24H19FN4O2. The van der Waals surface area contributed by atoms with Crippen molar-refractivity contribution in [3.63, 3.8) is 0 Å². The minimum atomic E-state index is -0.390. The summed E-state index contributed by atoms with van der Waals surface area (Å²) >= 11 is 0. The molecule has 2 heterocycles. The second kappa shape index (κ2) is 11.0. The summed E-state index contributed by atoms with van der Waals surface area (Å²) in [4.78, 5) is 31.1. The Hall–Kier alpha value is -4.39. The number of carbonyl (C=O) groups excluding carboxylic acids is 2. The van der Waals surface area contributed by atoms with Gasteiger partial charge in [-0.1, -0.05) is 36.4 Å². The molecule has 0 bridgehead atoms. The van der Waals surface area contributed by atoms with Gasteiger partial charge in [0.15, 0.2) is 0 Å². The molecule has 0 aliphatic carbocycles. The molecule has 7 heteroatoms. The summed E-state index contributed by atoms with van der Waals surface area (Å²) in [6, 6.07) is 25.3. The molecule has 0 saturated carbocycles. The molecule has 31 heavy (non-hydrogen) atoms. The Morgan fingerprint density at radius 1 is 0.613 bits per heavy atom. The van der Waals surface area contributed by atoms with Gasteiger partial charge in [-0.15, -0.1) is 0 Å². The van der Waals surface area contributed by atoms with Crippen LogP contribution in [0, 0.1) is 5.82 Å². The van der Waals surface area contributed by atoms with Crippen molar-refractivity contribution in [1.82, 2.24) is 9.97 Å². The maximum absolute atomic E-state index is 12.9. The van der Waals surface area contributed by atoms with Gasteiger partial charge in [0.2, 0.25) is 0 Å². The van der Waals surface area contributed by atoms with E-state index in [1.807, 2.05) is 30.3 Å². The monoisotopic (exact) mass is 414 g/mol. The van der Waals surface area contributed by atoms with Crippen molar-refractivity contribution in [3.05, 3.63) is 121 Å². The number of amides is 2. The fraction of sp³-hybridized carbons (Fsp3) is 0. The van der Waals surface area contributed by atoms with Gasteiger partial charge in [-0.05, 0) is 54.6 Å². The van der Waals surface area contributed by atoms with Crippen LogP contribution in [0.15, 0.2) is 103 Å². The molecule has 0 fully saturated rings. The summed E-state index contributed by atoms with van der Waals surface area (Å²) in [5.41, 5.74) is 1.90. The fourth-order valence-electron chi connectivity index (χ4n) is 2.47. The quantitative estimate of drug-likeness (QED) is 0.502. The minimum Gasteiger partial charge on any atom is -0.321 e. The summed E-state index contributed by atoms with van der Waals surface area (Å²) in [7, 11) is 0. The van der Waals surface area contributed by atoms with Crippen molar-refractivity contribution in [2.24, 2.45) is 0 Å². The van der Waals surface area contributed by atoms with Crippen LogP contribution in [0.2, 0.25) is 0 Å². The Morgan fingerprint density at radius 3 is 1.65 bits per heavy atom. The minimum absolute atomic E-state index is 0.193. The van der Waals surface area contributed by atoms with Gasteiger partial charge in [-0.3, -0.25) is 19.6 Å². The lowest BCUT2D eigenvalue weighted by Crippen LogP contribution is -2.13. The number of rotatable bonds is 4. The molecule has 6 nitrogen and oxygen atoms in total. The van der Waals surface area contributed by atoms with Crippen LogP contribution in [0.3, 0.4) is 0 Å². The van der Waals surface area contributed by atoms with Gasteiger partial charge >= 0.3 is 0 Å². The molecule has 0 radical (unpaired) electrons. The second-order valence-corrected chi connectivity index (χ2v) is 6.21. The van der Waals surface area contributed by atoms with Gasteiger partial charge in [-0.25, -0.2) is 4.39 Å². The van der Waals surface area contributed by atoms with Gasteiger partial charge in [0.25, 0.3) is 11.8 Å². The molecule has 2 aromatic heterocycles. The van der Waals surface area contributed by atoms with E-state index in [-0.39, 0.29) is 17.6 Å². The van der Waals surface area contributed by atoms with Crippen LogP contribution in [0.4, 0.5) is 15.8 Å². The van der Waals surface area contributed by atoms with E-state index in [0.717, 1.165) is 5.69 Å². The van der Waals surface area contributed by atoms with Gasteiger partial charge in [0, 0.05) is 23.8 Å². The van der Waals surface area contributed by atoms with Crippen LogP contribution in [-0.2, 0) is 0 Å². The first-order valence-corrected chi connectivity index (χ1v) is 9.37. The van der Waals surface area contributed by atoms with Crippen LogP contribution in [-0.4, -0.2) is 21.8 Å². The number of hydrogen-bond acceptors (Lipinski definition) is 4. The SMILES string of the molecule is O=C(Nc1cccc(F)c1)c1ccccn1.O=C(Nc1ccccc1)c1ccccn1. The van der Waals surface area contributed by atoms with E-state index in [1.165, 1.54) is 24.4 Å². The maximum Gasteiger partial charge on any atom is 0.274 e. The zero-order valence-electron chi connectivity index (χ0n) is 16.4. The number of benzene rings is 2. The highest BCUT2D eigenvalue weighted by molar-refractivity contribution is 6.03. The van der Waals surface area contributed by atoms with Crippen LogP contribution < -0.4 is 10.6 Å². The third kappa shape index (κ3) is 6.86. The molecule has 0 unspecified atom stereocenters. The van der Waals surface area contributed by atoms with Gasteiger partial charge in [0.05, 0.1) is 0 Å². The summed E-state index contributed by atoms with van der Waals surface area (Å²) in [5, 5.41) is 5.31. The predicted octanol–water partition coefficient (Wildman–Crippen LogP) is 4.81. The highest BCUT2D eigenvalue weighted by Crippen LogP contribution is 2.10. The van der Waals surface area contributed by atoms with E-state index >= 15 is 0 Å². The van der Waals surface area contributed by atoms with Crippen LogP contribution in [0.25, 0.3) is 0 Å². The fourth-order valence-corrected chi connectivity index (χ4v) is 2.47. The van der Waals surface area contributed by atoms with Crippen molar-refractivity contribution < 1.29 is 14.0 Å². The molecule has 0 spiro atoms. The normalized spacial score (nSPS) is 9.71. The summed E-state index contributed by atoms with van der Waals surface area (Å²) in [6.07, 6.45) is 3.13. The highest BCUT2D eigenvalue weighted by Gasteiger charge is 2.07. The van der Waals surface area contributed by atoms with E-state index in [2.05, 4.69) is 20.6 Å².